The highest BCUT2D eigenvalue weighted by Gasteiger charge is 2.20. The largest absolute Gasteiger partial charge is 0.490 e. The Morgan fingerprint density at radius 1 is 0.931 bits per heavy atom. The van der Waals surface area contributed by atoms with Crippen LogP contribution in [0.25, 0.3) is 0 Å². The zero-order valence-electron chi connectivity index (χ0n) is 15.9. The van der Waals surface area contributed by atoms with Crippen LogP contribution in [0.2, 0.25) is 0 Å². The summed E-state index contributed by atoms with van der Waals surface area (Å²) < 4.78 is 24.7. The van der Waals surface area contributed by atoms with Crippen molar-refractivity contribution in [1.29, 1.82) is 0 Å². The predicted octanol–water partition coefficient (Wildman–Crippen LogP) is 4.70. The van der Waals surface area contributed by atoms with Crippen molar-refractivity contribution >= 4 is 5.91 Å². The molecule has 0 aliphatic carbocycles. The second-order valence-corrected chi connectivity index (χ2v) is 6.98. The van der Waals surface area contributed by atoms with Gasteiger partial charge in [0.2, 0.25) is 0 Å². The molecule has 5 heteroatoms. The molecule has 1 N–H and O–H groups in total. The molecule has 0 fully saturated rings. The Kier molecular flexibility index (Phi) is 5.75. The molecule has 3 aromatic rings. The van der Waals surface area contributed by atoms with Gasteiger partial charge in [-0.05, 0) is 53.9 Å². The maximum absolute atomic E-state index is 13.2. The van der Waals surface area contributed by atoms with Crippen LogP contribution in [-0.4, -0.2) is 19.1 Å². The molecule has 4 rings (SSSR count). The molecular formula is C24H22FNO3. The SMILES string of the molecule is O=C(N[C@@H](Cc1ccccc1)c1ccc2c(c1)OCCCO2)c1ccc(F)cc1. The van der Waals surface area contributed by atoms with Crippen LogP contribution in [0.3, 0.4) is 0 Å². The molecule has 3 aromatic carbocycles. The highest BCUT2D eigenvalue weighted by molar-refractivity contribution is 5.94. The van der Waals surface area contributed by atoms with E-state index in [-0.39, 0.29) is 17.8 Å². The van der Waals surface area contributed by atoms with E-state index in [9.17, 15) is 9.18 Å². The third-order valence-corrected chi connectivity index (χ3v) is 4.87. The molecule has 0 aromatic heterocycles. The zero-order valence-corrected chi connectivity index (χ0v) is 15.9. The zero-order chi connectivity index (χ0) is 20.1. The first kappa shape index (κ1) is 19.0. The molecule has 148 valence electrons. The van der Waals surface area contributed by atoms with Gasteiger partial charge in [0.15, 0.2) is 11.5 Å². The maximum atomic E-state index is 13.2. The summed E-state index contributed by atoms with van der Waals surface area (Å²) in [5.41, 5.74) is 2.44. The minimum absolute atomic E-state index is 0.252. The molecule has 1 amide bonds. The summed E-state index contributed by atoms with van der Waals surface area (Å²) in [7, 11) is 0. The third kappa shape index (κ3) is 4.74. The quantitative estimate of drug-likeness (QED) is 0.686. The minimum atomic E-state index is -0.370. The van der Waals surface area contributed by atoms with Crippen LogP contribution in [0.1, 0.15) is 33.9 Å². The van der Waals surface area contributed by atoms with Gasteiger partial charge >= 0.3 is 0 Å². The molecular weight excluding hydrogens is 369 g/mol. The fraction of sp³-hybridized carbons (Fsp3) is 0.208. The summed E-state index contributed by atoms with van der Waals surface area (Å²) >= 11 is 0. The Hall–Kier alpha value is -3.34. The molecule has 0 spiro atoms. The third-order valence-electron chi connectivity index (χ3n) is 4.87. The molecule has 0 radical (unpaired) electrons. The molecule has 0 unspecified atom stereocenters. The Morgan fingerprint density at radius 2 is 1.66 bits per heavy atom. The lowest BCUT2D eigenvalue weighted by molar-refractivity contribution is 0.0936. The van der Waals surface area contributed by atoms with E-state index in [0.717, 1.165) is 23.3 Å². The van der Waals surface area contributed by atoms with Gasteiger partial charge in [-0.2, -0.15) is 0 Å². The summed E-state index contributed by atoms with van der Waals surface area (Å²) in [6.45, 7) is 1.23. The van der Waals surface area contributed by atoms with Gasteiger partial charge < -0.3 is 14.8 Å². The van der Waals surface area contributed by atoms with E-state index >= 15 is 0 Å². The molecule has 29 heavy (non-hydrogen) atoms. The van der Waals surface area contributed by atoms with Crippen molar-refractivity contribution in [2.24, 2.45) is 0 Å². The normalized spacial score (nSPS) is 14.0. The van der Waals surface area contributed by atoms with Gasteiger partial charge in [0.25, 0.3) is 5.91 Å². The molecule has 1 atom stereocenters. The second-order valence-electron chi connectivity index (χ2n) is 6.98. The average molecular weight is 391 g/mol. The van der Waals surface area contributed by atoms with E-state index in [4.69, 9.17) is 9.47 Å². The van der Waals surface area contributed by atoms with E-state index in [0.29, 0.717) is 30.9 Å². The molecule has 1 aliphatic heterocycles. The summed E-state index contributed by atoms with van der Waals surface area (Å²) in [4.78, 5) is 12.8. The van der Waals surface area contributed by atoms with Crippen molar-refractivity contribution in [3.05, 3.63) is 95.3 Å². The van der Waals surface area contributed by atoms with E-state index in [1.807, 2.05) is 48.5 Å². The number of hydrogen-bond acceptors (Lipinski definition) is 3. The first-order valence-electron chi connectivity index (χ1n) is 9.69. The predicted molar refractivity (Wildman–Crippen MR) is 109 cm³/mol. The number of fused-ring (bicyclic) bond motifs is 1. The first-order chi connectivity index (χ1) is 14.2. The van der Waals surface area contributed by atoms with Gasteiger partial charge in [0, 0.05) is 12.0 Å². The summed E-state index contributed by atoms with van der Waals surface area (Å²) in [5.74, 6) is 0.784. The number of hydrogen-bond donors (Lipinski definition) is 1. The Labute approximate surface area is 169 Å². The van der Waals surface area contributed by atoms with Gasteiger partial charge in [-0.3, -0.25) is 4.79 Å². The monoisotopic (exact) mass is 391 g/mol. The van der Waals surface area contributed by atoms with Gasteiger partial charge in [0.1, 0.15) is 5.82 Å². The number of amides is 1. The van der Waals surface area contributed by atoms with Crippen molar-refractivity contribution in [2.75, 3.05) is 13.2 Å². The van der Waals surface area contributed by atoms with Crippen LogP contribution in [-0.2, 0) is 6.42 Å². The van der Waals surface area contributed by atoms with Gasteiger partial charge in [0.05, 0.1) is 19.3 Å². The summed E-state index contributed by atoms with van der Waals surface area (Å²) in [6, 6.07) is 21.0. The Morgan fingerprint density at radius 3 is 2.41 bits per heavy atom. The van der Waals surface area contributed by atoms with Crippen LogP contribution in [0.5, 0.6) is 11.5 Å². The van der Waals surface area contributed by atoms with Crippen LogP contribution in [0.4, 0.5) is 4.39 Å². The summed E-state index contributed by atoms with van der Waals surface area (Å²) in [5, 5.41) is 3.08. The Balaban J connectivity index is 1.62. The van der Waals surface area contributed by atoms with Crippen LogP contribution < -0.4 is 14.8 Å². The number of nitrogens with one attached hydrogen (secondary N) is 1. The molecule has 0 saturated heterocycles. The first-order valence-corrected chi connectivity index (χ1v) is 9.69. The molecule has 4 nitrogen and oxygen atoms in total. The van der Waals surface area contributed by atoms with Gasteiger partial charge in [-0.15, -0.1) is 0 Å². The number of halogens is 1. The maximum Gasteiger partial charge on any atom is 0.251 e. The number of carbonyl (C=O) groups is 1. The standard InChI is InChI=1S/C24H22FNO3/c25-20-10-7-18(8-11-20)24(27)26-21(15-17-5-2-1-3-6-17)19-9-12-22-23(16-19)29-14-4-13-28-22/h1-3,5-12,16,21H,4,13-15H2,(H,26,27)/t21-/m0/s1. The number of carbonyl (C=O) groups excluding carboxylic acids is 1. The van der Waals surface area contributed by atoms with Crippen molar-refractivity contribution in [2.45, 2.75) is 18.9 Å². The highest BCUT2D eigenvalue weighted by Crippen LogP contribution is 2.33. The van der Waals surface area contributed by atoms with E-state index < -0.39 is 0 Å². The van der Waals surface area contributed by atoms with Crippen LogP contribution in [0.15, 0.2) is 72.8 Å². The minimum Gasteiger partial charge on any atom is -0.490 e. The fourth-order valence-corrected chi connectivity index (χ4v) is 3.34. The number of ether oxygens (including phenoxy) is 2. The average Bonchev–Trinajstić information content (AvgIpc) is 2.99. The van der Waals surface area contributed by atoms with E-state index in [1.165, 1.54) is 24.3 Å². The molecule has 1 aliphatic rings. The Bertz CT molecular complexity index is 973. The fourth-order valence-electron chi connectivity index (χ4n) is 3.34. The van der Waals surface area contributed by atoms with Crippen LogP contribution >= 0.6 is 0 Å². The number of rotatable bonds is 5. The lowest BCUT2D eigenvalue weighted by Gasteiger charge is -2.21. The topological polar surface area (TPSA) is 47.6 Å². The number of benzene rings is 3. The van der Waals surface area contributed by atoms with Crippen molar-refractivity contribution in [3.8, 4) is 11.5 Å². The molecule has 0 bridgehead atoms. The molecule has 0 saturated carbocycles. The van der Waals surface area contributed by atoms with Crippen LogP contribution in [0, 0.1) is 5.82 Å². The smallest absolute Gasteiger partial charge is 0.251 e. The lowest BCUT2D eigenvalue weighted by atomic mass is 9.98. The van der Waals surface area contributed by atoms with E-state index in [1.54, 1.807) is 0 Å². The lowest BCUT2D eigenvalue weighted by Crippen LogP contribution is -2.30. The van der Waals surface area contributed by atoms with Gasteiger partial charge in [-0.1, -0.05) is 36.4 Å². The van der Waals surface area contributed by atoms with Crippen molar-refractivity contribution in [1.82, 2.24) is 5.32 Å². The van der Waals surface area contributed by atoms with Crippen molar-refractivity contribution in [3.63, 3.8) is 0 Å². The van der Waals surface area contributed by atoms with Gasteiger partial charge in [-0.25, -0.2) is 4.39 Å². The second kappa shape index (κ2) is 8.78. The summed E-state index contributed by atoms with van der Waals surface area (Å²) in [6.07, 6.45) is 1.45. The van der Waals surface area contributed by atoms with Crippen molar-refractivity contribution < 1.29 is 18.7 Å². The highest BCUT2D eigenvalue weighted by atomic mass is 19.1. The van der Waals surface area contributed by atoms with E-state index in [2.05, 4.69) is 5.32 Å². The molecule has 1 heterocycles.